The minimum atomic E-state index is -1.10. The molecule has 0 aliphatic carbocycles. The van der Waals surface area contributed by atoms with Gasteiger partial charge in [-0.2, -0.15) is 0 Å². The van der Waals surface area contributed by atoms with E-state index in [2.05, 4.69) is 34.6 Å². The Morgan fingerprint density at radius 1 is 0.355 bits per heavy atom. The van der Waals surface area contributed by atoms with Crippen LogP contribution < -0.4 is 0 Å². The molecule has 0 radical (unpaired) electrons. The van der Waals surface area contributed by atoms with Crippen LogP contribution in [0, 0.1) is 0 Å². The normalized spacial score (nSPS) is 12.7. The van der Waals surface area contributed by atoms with E-state index in [0.29, 0.717) is 0 Å². The summed E-state index contributed by atoms with van der Waals surface area (Å²) >= 11 is 0. The first-order valence-electron chi connectivity index (χ1n) is 15.1. The Labute approximate surface area is 200 Å². The monoisotopic (exact) mass is 456 g/mol. The summed E-state index contributed by atoms with van der Waals surface area (Å²) in [7, 11) is -1.10. The molecule has 0 atom stereocenters. The van der Waals surface area contributed by atoms with E-state index in [-0.39, 0.29) is 0 Å². The van der Waals surface area contributed by atoms with E-state index in [1.54, 1.807) is 37.7 Å². The van der Waals surface area contributed by atoms with Crippen molar-refractivity contribution in [2.45, 2.75) is 175 Å². The molecule has 0 saturated carbocycles. The summed E-state index contributed by atoms with van der Waals surface area (Å²) in [6, 6.07) is 0. The van der Waals surface area contributed by atoms with Crippen LogP contribution in [0.1, 0.15) is 169 Å². The van der Waals surface area contributed by atoms with E-state index in [0.717, 1.165) is 5.66 Å². The quantitative estimate of drug-likeness (QED) is 0.0946. The first-order valence-corrected chi connectivity index (χ1v) is 17.8. The van der Waals surface area contributed by atoms with Crippen LogP contribution in [0.25, 0.3) is 0 Å². The van der Waals surface area contributed by atoms with Crippen LogP contribution in [0.5, 0.6) is 0 Å². The molecule has 31 heavy (non-hydrogen) atoms. The van der Waals surface area contributed by atoms with Crippen molar-refractivity contribution < 1.29 is 0 Å². The molecule has 0 aliphatic rings. The van der Waals surface area contributed by atoms with Crippen LogP contribution in [-0.4, -0.2) is 24.1 Å². The number of hydrogen-bond acceptors (Lipinski definition) is 0. The molecule has 0 bridgehead atoms. The number of hydrogen-bond donors (Lipinski definition) is 0. The fourth-order valence-corrected chi connectivity index (χ4v) is 10.9. The molecular weight excluding hydrogens is 391 g/mol. The van der Waals surface area contributed by atoms with Gasteiger partial charge in [0.1, 0.15) is 0 Å². The van der Waals surface area contributed by atoms with Crippen LogP contribution >= 0.6 is 7.26 Å². The van der Waals surface area contributed by atoms with E-state index in [1.165, 1.54) is 116 Å². The van der Waals surface area contributed by atoms with Gasteiger partial charge in [-0.15, -0.1) is 0 Å². The van der Waals surface area contributed by atoms with E-state index in [9.17, 15) is 0 Å². The second-order valence-corrected chi connectivity index (χ2v) is 16.5. The molecule has 0 aliphatic heterocycles. The van der Waals surface area contributed by atoms with E-state index in [1.807, 2.05) is 0 Å². The molecule has 0 N–H and O–H groups in total. The zero-order valence-corrected chi connectivity index (χ0v) is 24.0. The number of rotatable bonds is 25. The summed E-state index contributed by atoms with van der Waals surface area (Å²) in [5.74, 6) is 0. The molecule has 0 aromatic carbocycles. The van der Waals surface area contributed by atoms with Gasteiger partial charge >= 0.3 is 201 Å². The Hall–Kier alpha value is 0.430. The molecule has 0 fully saturated rings. The second-order valence-electron chi connectivity index (χ2n) is 11.1. The van der Waals surface area contributed by atoms with Crippen molar-refractivity contribution >= 4 is 7.26 Å². The summed E-state index contributed by atoms with van der Waals surface area (Å²) < 4.78 is 0. The Bertz CT molecular complexity index is 290. The van der Waals surface area contributed by atoms with Gasteiger partial charge in [-0.1, -0.05) is 0 Å². The SMILES string of the molecule is CCCCCCCCC[PH](CCCCCCCCC)(CCCCCCCCC)C(C)C. The van der Waals surface area contributed by atoms with Crippen LogP contribution in [-0.2, 0) is 0 Å². The summed E-state index contributed by atoms with van der Waals surface area (Å²) in [6.45, 7) is 12.2. The third-order valence-electron chi connectivity index (χ3n) is 8.06. The Balaban J connectivity index is 4.43. The average molecular weight is 457 g/mol. The molecule has 0 spiro atoms. The molecule has 0 unspecified atom stereocenters. The van der Waals surface area contributed by atoms with Gasteiger partial charge in [-0.05, 0) is 0 Å². The predicted molar refractivity (Wildman–Crippen MR) is 152 cm³/mol. The predicted octanol–water partition coefficient (Wildman–Crippen LogP) is 11.4. The zero-order valence-electron chi connectivity index (χ0n) is 23.0. The Kier molecular flexibility index (Phi) is 23.9. The van der Waals surface area contributed by atoms with Crippen molar-refractivity contribution in [2.75, 3.05) is 18.5 Å². The van der Waals surface area contributed by atoms with Crippen LogP contribution in [0.3, 0.4) is 0 Å². The minimum absolute atomic E-state index is 0.993. The van der Waals surface area contributed by atoms with Crippen LogP contribution in [0.4, 0.5) is 0 Å². The summed E-state index contributed by atoms with van der Waals surface area (Å²) in [4.78, 5) is 0. The van der Waals surface area contributed by atoms with Crippen molar-refractivity contribution in [1.82, 2.24) is 0 Å². The topological polar surface area (TPSA) is 0 Å². The van der Waals surface area contributed by atoms with Crippen molar-refractivity contribution in [3.05, 3.63) is 0 Å². The molecule has 0 nitrogen and oxygen atoms in total. The first kappa shape index (κ1) is 31.4. The first-order chi connectivity index (χ1) is 15.1. The van der Waals surface area contributed by atoms with Gasteiger partial charge in [0.25, 0.3) is 0 Å². The third-order valence-corrected chi connectivity index (χ3v) is 14.6. The van der Waals surface area contributed by atoms with Gasteiger partial charge < -0.3 is 0 Å². The van der Waals surface area contributed by atoms with Crippen molar-refractivity contribution in [1.29, 1.82) is 0 Å². The van der Waals surface area contributed by atoms with Gasteiger partial charge in [0.05, 0.1) is 0 Å². The standard InChI is InChI=1S/C30H65P/c1-6-9-12-15-18-21-24-27-31(30(4)5,28-25-22-19-16-13-10-7-2)29-26-23-20-17-14-11-8-3/h30-31H,6-29H2,1-5H3. The van der Waals surface area contributed by atoms with Gasteiger partial charge in [-0.25, -0.2) is 0 Å². The maximum absolute atomic E-state index is 2.61. The van der Waals surface area contributed by atoms with Crippen LogP contribution in [0.15, 0.2) is 0 Å². The summed E-state index contributed by atoms with van der Waals surface area (Å²) in [6.07, 6.45) is 35.9. The van der Waals surface area contributed by atoms with Crippen LogP contribution in [0.2, 0.25) is 0 Å². The van der Waals surface area contributed by atoms with Crippen molar-refractivity contribution in [3.8, 4) is 0 Å². The zero-order chi connectivity index (χ0) is 23.0. The molecule has 0 saturated heterocycles. The van der Waals surface area contributed by atoms with Crippen molar-refractivity contribution in [2.24, 2.45) is 0 Å². The average Bonchev–Trinajstić information content (AvgIpc) is 2.76. The Morgan fingerprint density at radius 3 is 0.806 bits per heavy atom. The maximum atomic E-state index is 2.61. The number of unbranched alkanes of at least 4 members (excludes halogenated alkanes) is 18. The molecule has 0 heterocycles. The Morgan fingerprint density at radius 2 is 0.581 bits per heavy atom. The fraction of sp³-hybridized carbons (Fsp3) is 1.00. The molecule has 1 heteroatoms. The van der Waals surface area contributed by atoms with Crippen molar-refractivity contribution in [3.63, 3.8) is 0 Å². The third kappa shape index (κ3) is 18.5. The fourth-order valence-electron chi connectivity index (χ4n) is 5.54. The second kappa shape index (κ2) is 23.6. The molecule has 0 rings (SSSR count). The molecule has 0 aromatic heterocycles. The van der Waals surface area contributed by atoms with E-state index < -0.39 is 7.26 Å². The van der Waals surface area contributed by atoms with Gasteiger partial charge in [-0.3, -0.25) is 0 Å². The molecule has 0 amide bonds. The summed E-state index contributed by atoms with van der Waals surface area (Å²) in [5, 5.41) is 0. The molecule has 0 aromatic rings. The molecular formula is C30H65P. The van der Waals surface area contributed by atoms with Gasteiger partial charge in [0, 0.05) is 0 Å². The van der Waals surface area contributed by atoms with E-state index >= 15 is 0 Å². The van der Waals surface area contributed by atoms with Gasteiger partial charge in [0.15, 0.2) is 0 Å². The van der Waals surface area contributed by atoms with Gasteiger partial charge in [0.2, 0.25) is 0 Å². The molecule has 190 valence electrons. The van der Waals surface area contributed by atoms with E-state index in [4.69, 9.17) is 0 Å². The summed E-state index contributed by atoms with van der Waals surface area (Å²) in [5.41, 5.74) is 0.993.